The lowest BCUT2D eigenvalue weighted by molar-refractivity contribution is 0.567. The molecule has 0 bridgehead atoms. The second-order valence-electron chi connectivity index (χ2n) is 4.97. The van der Waals surface area contributed by atoms with E-state index in [2.05, 4.69) is 10.2 Å². The van der Waals surface area contributed by atoms with Crippen LogP contribution in [0.4, 0.5) is 4.39 Å². The summed E-state index contributed by atoms with van der Waals surface area (Å²) < 4.78 is 38.1. The quantitative estimate of drug-likeness (QED) is 0.926. The Balaban J connectivity index is 2.22. The maximum absolute atomic E-state index is 13.5. The third kappa shape index (κ3) is 2.32. The van der Waals surface area contributed by atoms with E-state index in [1.165, 1.54) is 16.7 Å². The summed E-state index contributed by atoms with van der Waals surface area (Å²) >= 11 is 0. The van der Waals surface area contributed by atoms with Crippen molar-refractivity contribution in [1.29, 1.82) is 0 Å². The molecule has 3 rings (SSSR count). The van der Waals surface area contributed by atoms with Crippen LogP contribution >= 0.6 is 0 Å². The van der Waals surface area contributed by atoms with Crippen molar-refractivity contribution in [3.63, 3.8) is 0 Å². The van der Waals surface area contributed by atoms with E-state index in [0.717, 1.165) is 18.4 Å². The molecule has 6 nitrogen and oxygen atoms in total. The van der Waals surface area contributed by atoms with Gasteiger partial charge in [0.25, 0.3) is 15.2 Å². The van der Waals surface area contributed by atoms with Gasteiger partial charge >= 0.3 is 0 Å². The molecule has 0 spiro atoms. The molecule has 1 fully saturated rings. The molecule has 0 amide bonds. The standard InChI is InChI=1S/C12H13FN4O2S/c1-7-4-8(6-9(13)5-7)11-15-16-12(20(14,18)19)17(11)10-2-3-10/h4-6,10H,2-3H2,1H3,(H2,14,18,19). The smallest absolute Gasteiger partial charge is 0.273 e. The van der Waals surface area contributed by atoms with E-state index in [1.807, 2.05) is 0 Å². The van der Waals surface area contributed by atoms with Gasteiger partial charge in [0.05, 0.1) is 0 Å². The van der Waals surface area contributed by atoms with Gasteiger partial charge in [0.2, 0.25) is 0 Å². The van der Waals surface area contributed by atoms with E-state index in [9.17, 15) is 12.8 Å². The summed E-state index contributed by atoms with van der Waals surface area (Å²) in [6, 6.07) is 4.45. The summed E-state index contributed by atoms with van der Waals surface area (Å²) in [7, 11) is -3.95. The summed E-state index contributed by atoms with van der Waals surface area (Å²) in [6.07, 6.45) is 1.67. The number of rotatable bonds is 3. The molecule has 1 aromatic heterocycles. The monoisotopic (exact) mass is 296 g/mol. The molecule has 8 heteroatoms. The van der Waals surface area contributed by atoms with Gasteiger partial charge in [-0.1, -0.05) is 0 Å². The van der Waals surface area contributed by atoms with Crippen molar-refractivity contribution in [1.82, 2.24) is 14.8 Å². The van der Waals surface area contributed by atoms with Gasteiger partial charge in [0.1, 0.15) is 5.82 Å². The molecular weight excluding hydrogens is 283 g/mol. The van der Waals surface area contributed by atoms with Gasteiger partial charge in [-0.2, -0.15) is 0 Å². The topological polar surface area (TPSA) is 90.9 Å². The van der Waals surface area contributed by atoms with Crippen LogP contribution in [0.2, 0.25) is 0 Å². The zero-order valence-electron chi connectivity index (χ0n) is 10.7. The number of primary sulfonamides is 1. The maximum atomic E-state index is 13.5. The summed E-state index contributed by atoms with van der Waals surface area (Å²) in [4.78, 5) is 0. The molecule has 0 atom stereocenters. The number of nitrogens with zero attached hydrogens (tertiary/aromatic N) is 3. The van der Waals surface area contributed by atoms with Crippen molar-refractivity contribution < 1.29 is 12.8 Å². The molecule has 1 aromatic carbocycles. The van der Waals surface area contributed by atoms with Gasteiger partial charge in [-0.15, -0.1) is 10.2 Å². The molecule has 1 heterocycles. The van der Waals surface area contributed by atoms with Crippen LogP contribution in [0.5, 0.6) is 0 Å². The predicted octanol–water partition coefficient (Wildman–Crippen LogP) is 1.37. The maximum Gasteiger partial charge on any atom is 0.273 e. The molecule has 0 aliphatic heterocycles. The predicted molar refractivity (Wildman–Crippen MR) is 69.8 cm³/mol. The number of halogens is 1. The first kappa shape index (κ1) is 13.2. The number of benzene rings is 1. The number of nitrogens with two attached hydrogens (primary N) is 1. The lowest BCUT2D eigenvalue weighted by Gasteiger charge is -2.08. The molecule has 1 aliphatic carbocycles. The molecule has 106 valence electrons. The van der Waals surface area contributed by atoms with E-state index < -0.39 is 15.8 Å². The average molecular weight is 296 g/mol. The zero-order chi connectivity index (χ0) is 14.5. The zero-order valence-corrected chi connectivity index (χ0v) is 11.6. The second-order valence-corrected chi connectivity index (χ2v) is 6.42. The number of aryl methyl sites for hydroxylation is 1. The largest absolute Gasteiger partial charge is 0.294 e. The molecular formula is C12H13FN4O2S. The summed E-state index contributed by atoms with van der Waals surface area (Å²) in [5.74, 6) is -0.0679. The number of hydrogen-bond donors (Lipinski definition) is 1. The lowest BCUT2D eigenvalue weighted by atomic mass is 10.1. The van der Waals surface area contributed by atoms with Crippen LogP contribution in [-0.4, -0.2) is 23.2 Å². The van der Waals surface area contributed by atoms with Crippen molar-refractivity contribution in [3.05, 3.63) is 29.6 Å². The molecule has 0 radical (unpaired) electrons. The van der Waals surface area contributed by atoms with Gasteiger partial charge in [0, 0.05) is 11.6 Å². The van der Waals surface area contributed by atoms with Crippen LogP contribution in [0, 0.1) is 12.7 Å². The molecule has 2 N–H and O–H groups in total. The van der Waals surface area contributed by atoms with Crippen LogP contribution in [0.3, 0.4) is 0 Å². The van der Waals surface area contributed by atoms with E-state index >= 15 is 0 Å². The van der Waals surface area contributed by atoms with Crippen LogP contribution in [0.1, 0.15) is 24.4 Å². The minimum absolute atomic E-state index is 0.0110. The number of sulfonamides is 1. The van der Waals surface area contributed by atoms with Crippen molar-refractivity contribution in [3.8, 4) is 11.4 Å². The van der Waals surface area contributed by atoms with Crippen LogP contribution in [0.25, 0.3) is 11.4 Å². The third-order valence-electron chi connectivity index (χ3n) is 3.13. The van der Waals surface area contributed by atoms with Crippen molar-refractivity contribution in [2.24, 2.45) is 5.14 Å². The van der Waals surface area contributed by atoms with Gasteiger partial charge in [0.15, 0.2) is 5.82 Å². The number of hydrogen-bond acceptors (Lipinski definition) is 4. The van der Waals surface area contributed by atoms with Crippen molar-refractivity contribution in [2.45, 2.75) is 31.0 Å². The van der Waals surface area contributed by atoms with Crippen LogP contribution in [-0.2, 0) is 10.0 Å². The highest BCUT2D eigenvalue weighted by molar-refractivity contribution is 7.89. The Bertz CT molecular complexity index is 761. The fourth-order valence-corrected chi connectivity index (χ4v) is 2.86. The first-order chi connectivity index (χ1) is 9.36. The highest BCUT2D eigenvalue weighted by Gasteiger charge is 2.33. The minimum atomic E-state index is -3.95. The molecule has 0 saturated heterocycles. The Morgan fingerprint density at radius 1 is 1.30 bits per heavy atom. The van der Waals surface area contributed by atoms with Gasteiger partial charge in [-0.3, -0.25) is 4.57 Å². The van der Waals surface area contributed by atoms with Crippen LogP contribution < -0.4 is 5.14 Å². The van der Waals surface area contributed by atoms with E-state index in [-0.39, 0.29) is 11.2 Å². The third-order valence-corrected chi connectivity index (χ3v) is 3.92. The van der Waals surface area contributed by atoms with E-state index in [4.69, 9.17) is 5.14 Å². The highest BCUT2D eigenvalue weighted by atomic mass is 32.2. The average Bonchev–Trinajstić information content (AvgIpc) is 3.04. The van der Waals surface area contributed by atoms with E-state index in [1.54, 1.807) is 13.0 Å². The fourth-order valence-electron chi connectivity index (χ4n) is 2.20. The Kier molecular flexibility index (Phi) is 2.87. The second kappa shape index (κ2) is 4.35. The van der Waals surface area contributed by atoms with Gasteiger partial charge in [-0.25, -0.2) is 17.9 Å². The van der Waals surface area contributed by atoms with Gasteiger partial charge in [-0.05, 0) is 43.5 Å². The van der Waals surface area contributed by atoms with Crippen LogP contribution in [0.15, 0.2) is 23.4 Å². The van der Waals surface area contributed by atoms with E-state index in [0.29, 0.717) is 11.4 Å². The Morgan fingerprint density at radius 3 is 2.55 bits per heavy atom. The first-order valence-corrected chi connectivity index (χ1v) is 7.66. The summed E-state index contributed by atoms with van der Waals surface area (Å²) in [6.45, 7) is 1.75. The van der Waals surface area contributed by atoms with Gasteiger partial charge < -0.3 is 0 Å². The summed E-state index contributed by atoms with van der Waals surface area (Å²) in [5.41, 5.74) is 1.22. The summed E-state index contributed by atoms with van der Waals surface area (Å²) in [5, 5.41) is 12.4. The minimum Gasteiger partial charge on any atom is -0.294 e. The fraction of sp³-hybridized carbons (Fsp3) is 0.333. The highest BCUT2D eigenvalue weighted by Crippen LogP contribution is 2.39. The molecule has 2 aromatic rings. The molecule has 1 saturated carbocycles. The Hall–Kier alpha value is -1.80. The van der Waals surface area contributed by atoms with Crippen molar-refractivity contribution in [2.75, 3.05) is 0 Å². The SMILES string of the molecule is Cc1cc(F)cc(-c2nnc(S(N)(=O)=O)n2C2CC2)c1. The Morgan fingerprint density at radius 2 is 2.00 bits per heavy atom. The number of aromatic nitrogens is 3. The molecule has 0 unspecified atom stereocenters. The Labute approximate surface area is 115 Å². The lowest BCUT2D eigenvalue weighted by Crippen LogP contribution is -2.18. The molecule has 1 aliphatic rings. The molecule has 20 heavy (non-hydrogen) atoms. The normalized spacial score (nSPS) is 15.6. The first-order valence-electron chi connectivity index (χ1n) is 6.11. The van der Waals surface area contributed by atoms with Crippen molar-refractivity contribution >= 4 is 10.0 Å².